The maximum Gasteiger partial charge on any atom is 0.192 e. The van der Waals surface area contributed by atoms with E-state index in [0.717, 1.165) is 47.2 Å². The fraction of sp³-hybridized carbons (Fsp3) is 0.500. The topological polar surface area (TPSA) is 42.1 Å². The minimum Gasteiger partial charge on any atom is -0.494 e. The Kier molecular flexibility index (Phi) is 5.05. The Hall–Kier alpha value is -1.77. The minimum atomic E-state index is 0.136. The average molecular weight is 287 g/mol. The fourth-order valence-electron chi connectivity index (χ4n) is 2.48. The lowest BCUT2D eigenvalue weighted by Crippen LogP contribution is -2.13. The Labute approximate surface area is 126 Å². The van der Waals surface area contributed by atoms with Crippen molar-refractivity contribution in [1.82, 2.24) is 4.98 Å². The molecule has 0 aliphatic rings. The number of nitrogens with one attached hydrogen (secondary N) is 1. The van der Waals surface area contributed by atoms with Crippen molar-refractivity contribution < 1.29 is 4.74 Å². The molecule has 3 heteroatoms. The molecule has 0 aliphatic heterocycles. The molecular weight excluding hydrogens is 262 g/mol. The number of hydrogen-bond donors (Lipinski definition) is 1. The van der Waals surface area contributed by atoms with E-state index in [9.17, 15) is 4.79 Å². The zero-order chi connectivity index (χ0) is 15.4. The largest absolute Gasteiger partial charge is 0.494 e. The molecule has 0 unspecified atom stereocenters. The lowest BCUT2D eigenvalue weighted by Gasteiger charge is -2.11. The minimum absolute atomic E-state index is 0.136. The number of hydrogen-bond acceptors (Lipinski definition) is 2. The smallest absolute Gasteiger partial charge is 0.192 e. The van der Waals surface area contributed by atoms with E-state index in [4.69, 9.17) is 4.74 Å². The highest BCUT2D eigenvalue weighted by Gasteiger charge is 2.09. The maximum atomic E-state index is 12.6. The monoisotopic (exact) mass is 287 g/mol. The number of H-pyrrole nitrogens is 1. The normalized spacial score (nSPS) is 11.3. The van der Waals surface area contributed by atoms with Crippen LogP contribution in [0.2, 0.25) is 0 Å². The van der Waals surface area contributed by atoms with Crippen LogP contribution >= 0.6 is 0 Å². The predicted octanol–water partition coefficient (Wildman–Crippen LogP) is 4.21. The van der Waals surface area contributed by atoms with Gasteiger partial charge in [0.2, 0.25) is 0 Å². The molecule has 1 aromatic carbocycles. The van der Waals surface area contributed by atoms with Gasteiger partial charge in [-0.3, -0.25) is 4.79 Å². The van der Waals surface area contributed by atoms with Crippen molar-refractivity contribution in [2.75, 3.05) is 6.61 Å². The molecule has 0 atom stereocenters. The zero-order valence-corrected chi connectivity index (χ0v) is 13.5. The van der Waals surface area contributed by atoms with Crippen LogP contribution in [0, 0.1) is 12.8 Å². The number of ether oxygens (including phenoxy) is 1. The van der Waals surface area contributed by atoms with E-state index >= 15 is 0 Å². The quantitative estimate of drug-likeness (QED) is 0.864. The van der Waals surface area contributed by atoms with Gasteiger partial charge in [0.15, 0.2) is 5.43 Å². The van der Waals surface area contributed by atoms with E-state index in [1.165, 1.54) is 0 Å². The van der Waals surface area contributed by atoms with Crippen molar-refractivity contribution >= 4 is 10.9 Å². The van der Waals surface area contributed by atoms with E-state index in [0.29, 0.717) is 12.5 Å². The number of aryl methyl sites for hydroxylation is 1. The summed E-state index contributed by atoms with van der Waals surface area (Å²) in [5.74, 6) is 1.40. The molecule has 3 nitrogen and oxygen atoms in total. The van der Waals surface area contributed by atoms with E-state index in [-0.39, 0.29) is 5.43 Å². The van der Waals surface area contributed by atoms with Crippen molar-refractivity contribution in [2.45, 2.75) is 47.0 Å². The second-order valence-corrected chi connectivity index (χ2v) is 6.05. The molecule has 0 aliphatic carbocycles. The van der Waals surface area contributed by atoms with Crippen LogP contribution in [0.1, 0.15) is 44.9 Å². The first kappa shape index (κ1) is 15.6. The number of aromatic amines is 1. The van der Waals surface area contributed by atoms with Gasteiger partial charge in [-0.05, 0) is 43.9 Å². The van der Waals surface area contributed by atoms with Crippen LogP contribution in [0.25, 0.3) is 10.9 Å². The Morgan fingerprint density at radius 1 is 1.29 bits per heavy atom. The van der Waals surface area contributed by atoms with Crippen molar-refractivity contribution in [1.29, 1.82) is 0 Å². The van der Waals surface area contributed by atoms with Crippen LogP contribution in [0.3, 0.4) is 0 Å². The Bertz CT molecular complexity index is 671. The third kappa shape index (κ3) is 3.66. The van der Waals surface area contributed by atoms with Crippen LogP contribution in [0.5, 0.6) is 5.75 Å². The van der Waals surface area contributed by atoms with Crippen LogP contribution in [0.4, 0.5) is 0 Å². The van der Waals surface area contributed by atoms with Gasteiger partial charge in [-0.25, -0.2) is 0 Å². The van der Waals surface area contributed by atoms with Crippen molar-refractivity contribution in [3.63, 3.8) is 0 Å². The predicted molar refractivity (Wildman–Crippen MR) is 88.3 cm³/mol. The standard InChI is InChI=1S/C18H25NO2/c1-5-6-15-13(4)19-17-8-7-14(11-16(17)18(15)20)21-10-9-12(2)3/h7-8,11-12H,5-6,9-10H2,1-4H3,(H,19,20). The number of benzene rings is 1. The summed E-state index contributed by atoms with van der Waals surface area (Å²) in [6, 6.07) is 5.73. The lowest BCUT2D eigenvalue weighted by molar-refractivity contribution is 0.290. The van der Waals surface area contributed by atoms with E-state index in [2.05, 4.69) is 25.8 Å². The first-order chi connectivity index (χ1) is 10.0. The highest BCUT2D eigenvalue weighted by Crippen LogP contribution is 2.19. The molecule has 21 heavy (non-hydrogen) atoms. The highest BCUT2D eigenvalue weighted by atomic mass is 16.5. The van der Waals surface area contributed by atoms with Gasteiger partial charge in [0, 0.05) is 22.2 Å². The van der Waals surface area contributed by atoms with Crippen molar-refractivity contribution in [2.24, 2.45) is 5.92 Å². The Morgan fingerprint density at radius 3 is 2.71 bits per heavy atom. The van der Waals surface area contributed by atoms with E-state index < -0.39 is 0 Å². The zero-order valence-electron chi connectivity index (χ0n) is 13.5. The molecule has 2 aromatic rings. The molecule has 0 saturated heterocycles. The molecule has 1 N–H and O–H groups in total. The summed E-state index contributed by atoms with van der Waals surface area (Å²) in [7, 11) is 0. The Balaban J connectivity index is 2.35. The number of rotatable bonds is 6. The first-order valence-electron chi connectivity index (χ1n) is 7.81. The second kappa shape index (κ2) is 6.79. The molecule has 0 radical (unpaired) electrons. The van der Waals surface area contributed by atoms with Gasteiger partial charge < -0.3 is 9.72 Å². The summed E-state index contributed by atoms with van der Waals surface area (Å²) >= 11 is 0. The molecule has 2 rings (SSSR count). The summed E-state index contributed by atoms with van der Waals surface area (Å²) in [6.45, 7) is 9.10. The fourth-order valence-corrected chi connectivity index (χ4v) is 2.48. The summed E-state index contributed by atoms with van der Waals surface area (Å²) in [6.07, 6.45) is 2.80. The summed E-state index contributed by atoms with van der Waals surface area (Å²) in [5, 5.41) is 0.728. The van der Waals surface area contributed by atoms with Crippen LogP contribution in [0.15, 0.2) is 23.0 Å². The second-order valence-electron chi connectivity index (χ2n) is 6.05. The van der Waals surface area contributed by atoms with Crippen LogP contribution in [-0.4, -0.2) is 11.6 Å². The molecular formula is C18H25NO2. The third-order valence-electron chi connectivity index (χ3n) is 3.75. The van der Waals surface area contributed by atoms with Crippen molar-refractivity contribution in [3.8, 4) is 5.75 Å². The molecule has 0 spiro atoms. The molecule has 114 valence electrons. The van der Waals surface area contributed by atoms with Gasteiger partial charge in [-0.2, -0.15) is 0 Å². The van der Waals surface area contributed by atoms with Crippen LogP contribution < -0.4 is 10.2 Å². The summed E-state index contributed by atoms with van der Waals surface area (Å²) in [5.41, 5.74) is 2.89. The third-order valence-corrected chi connectivity index (χ3v) is 3.75. The number of pyridine rings is 1. The molecule has 0 amide bonds. The van der Waals surface area contributed by atoms with Gasteiger partial charge in [-0.15, -0.1) is 0 Å². The molecule has 1 heterocycles. The van der Waals surface area contributed by atoms with E-state index in [1.54, 1.807) is 0 Å². The van der Waals surface area contributed by atoms with E-state index in [1.807, 2.05) is 25.1 Å². The summed E-state index contributed by atoms with van der Waals surface area (Å²) < 4.78 is 5.76. The summed E-state index contributed by atoms with van der Waals surface area (Å²) in [4.78, 5) is 15.9. The maximum absolute atomic E-state index is 12.6. The van der Waals surface area contributed by atoms with Gasteiger partial charge in [0.25, 0.3) is 0 Å². The van der Waals surface area contributed by atoms with Gasteiger partial charge in [-0.1, -0.05) is 27.2 Å². The molecule has 0 fully saturated rings. The molecule has 0 bridgehead atoms. The first-order valence-corrected chi connectivity index (χ1v) is 7.81. The highest BCUT2D eigenvalue weighted by molar-refractivity contribution is 5.81. The van der Waals surface area contributed by atoms with Crippen LogP contribution in [-0.2, 0) is 6.42 Å². The number of fused-ring (bicyclic) bond motifs is 1. The Morgan fingerprint density at radius 2 is 2.05 bits per heavy atom. The average Bonchev–Trinajstić information content (AvgIpc) is 2.44. The van der Waals surface area contributed by atoms with Gasteiger partial charge in [0.1, 0.15) is 5.75 Å². The lowest BCUT2D eigenvalue weighted by atomic mass is 10.0. The molecule has 1 aromatic heterocycles. The van der Waals surface area contributed by atoms with Crippen molar-refractivity contribution in [3.05, 3.63) is 39.7 Å². The SMILES string of the molecule is CCCc1c(C)[nH]c2ccc(OCCC(C)C)cc2c1=O. The van der Waals surface area contributed by atoms with Gasteiger partial charge >= 0.3 is 0 Å². The van der Waals surface area contributed by atoms with Gasteiger partial charge in [0.05, 0.1) is 6.61 Å². The molecule has 0 saturated carbocycles. The number of aromatic nitrogens is 1.